The lowest BCUT2D eigenvalue weighted by Gasteiger charge is -1.98. The lowest BCUT2D eigenvalue weighted by Crippen LogP contribution is -1.85. The zero-order valence-electron chi connectivity index (χ0n) is 12.1. The molecule has 0 aliphatic carbocycles. The Hall–Kier alpha value is -0.780. The van der Waals surface area contributed by atoms with Gasteiger partial charge in [-0.05, 0) is 12.8 Å². The molecule has 1 aromatic rings. The van der Waals surface area contributed by atoms with Crippen LogP contribution >= 0.6 is 0 Å². The molecule has 0 saturated carbocycles. The van der Waals surface area contributed by atoms with Crippen LogP contribution in [0.2, 0.25) is 0 Å². The zero-order chi connectivity index (χ0) is 12.8. The van der Waals surface area contributed by atoms with Crippen LogP contribution in [-0.2, 0) is 0 Å². The Bertz CT molecular complexity index is 197. The molecule has 0 saturated heterocycles. The lowest BCUT2D eigenvalue weighted by atomic mass is 10.1. The molecule has 0 unspecified atom stereocenters. The molecule has 0 aliphatic rings. The fourth-order valence-corrected chi connectivity index (χ4v) is 0.823. The summed E-state index contributed by atoms with van der Waals surface area (Å²) in [5.74, 6) is 0.935. The minimum atomic E-state index is 0.935. The molecule has 0 aromatic heterocycles. The van der Waals surface area contributed by atoms with E-state index in [2.05, 4.69) is 53.7 Å². The standard InChI is InChI=1S/C7H8.C6H14.C3H8/c1-7-5-3-2-4-6-7;1-4-6(3)5-2;1-3-2/h2-6H,1H3;6H,4-5H2,1-3H3;3H2,1-2H3. The Kier molecular flexibility index (Phi) is 15.7. The minimum Gasteiger partial charge on any atom is -0.0656 e. The minimum absolute atomic E-state index is 0.935. The van der Waals surface area contributed by atoms with Crippen LogP contribution in [0.5, 0.6) is 0 Å². The van der Waals surface area contributed by atoms with E-state index in [1.807, 2.05) is 18.2 Å². The van der Waals surface area contributed by atoms with Gasteiger partial charge < -0.3 is 0 Å². The van der Waals surface area contributed by atoms with Gasteiger partial charge in [0, 0.05) is 0 Å². The van der Waals surface area contributed by atoms with Gasteiger partial charge in [-0.15, -0.1) is 0 Å². The van der Waals surface area contributed by atoms with Gasteiger partial charge in [0.05, 0.1) is 0 Å². The van der Waals surface area contributed by atoms with Crippen molar-refractivity contribution in [3.63, 3.8) is 0 Å². The first-order chi connectivity index (χ1) is 7.62. The molecule has 16 heavy (non-hydrogen) atoms. The fourth-order valence-electron chi connectivity index (χ4n) is 0.823. The van der Waals surface area contributed by atoms with Crippen LogP contribution in [0.15, 0.2) is 30.3 Å². The van der Waals surface area contributed by atoms with E-state index in [1.54, 1.807) is 0 Å². The van der Waals surface area contributed by atoms with Crippen molar-refractivity contribution >= 4 is 0 Å². The van der Waals surface area contributed by atoms with E-state index in [4.69, 9.17) is 0 Å². The molecular formula is C16H30. The maximum atomic E-state index is 2.28. The van der Waals surface area contributed by atoms with E-state index < -0.39 is 0 Å². The monoisotopic (exact) mass is 222 g/mol. The van der Waals surface area contributed by atoms with Gasteiger partial charge in [0.15, 0.2) is 0 Å². The molecule has 0 spiro atoms. The van der Waals surface area contributed by atoms with Crippen molar-refractivity contribution in [3.05, 3.63) is 35.9 Å². The maximum absolute atomic E-state index is 2.28. The lowest BCUT2D eigenvalue weighted by molar-refractivity contribution is 0.544. The quantitative estimate of drug-likeness (QED) is 0.588. The maximum Gasteiger partial charge on any atom is -0.0398 e. The molecule has 1 rings (SSSR count). The summed E-state index contributed by atoms with van der Waals surface area (Å²) in [5, 5.41) is 0. The van der Waals surface area contributed by atoms with Crippen LogP contribution in [0.1, 0.15) is 59.4 Å². The summed E-state index contributed by atoms with van der Waals surface area (Å²) in [7, 11) is 0. The second-order valence-electron chi connectivity index (χ2n) is 4.28. The van der Waals surface area contributed by atoms with Gasteiger partial charge in [0.1, 0.15) is 0 Å². The first-order valence-corrected chi connectivity index (χ1v) is 6.63. The zero-order valence-corrected chi connectivity index (χ0v) is 12.1. The first-order valence-electron chi connectivity index (χ1n) is 6.63. The van der Waals surface area contributed by atoms with Gasteiger partial charge in [-0.3, -0.25) is 0 Å². The van der Waals surface area contributed by atoms with E-state index >= 15 is 0 Å². The Morgan fingerprint density at radius 1 is 0.875 bits per heavy atom. The second kappa shape index (κ2) is 14.2. The first kappa shape index (κ1) is 17.6. The van der Waals surface area contributed by atoms with E-state index in [-0.39, 0.29) is 0 Å². The average Bonchev–Trinajstić information content (AvgIpc) is 2.31. The van der Waals surface area contributed by atoms with Crippen molar-refractivity contribution in [1.82, 2.24) is 0 Å². The molecule has 0 atom stereocenters. The van der Waals surface area contributed by atoms with E-state index in [1.165, 1.54) is 24.8 Å². The highest BCUT2D eigenvalue weighted by atomic mass is 13.9. The van der Waals surface area contributed by atoms with Crippen molar-refractivity contribution in [2.45, 2.75) is 60.8 Å². The summed E-state index contributed by atoms with van der Waals surface area (Å²) in [6.07, 6.45) is 3.91. The molecule has 0 bridgehead atoms. The molecule has 0 fully saturated rings. The smallest absolute Gasteiger partial charge is 0.0398 e. The highest BCUT2D eigenvalue weighted by Gasteiger charge is 1.88. The average molecular weight is 222 g/mol. The van der Waals surface area contributed by atoms with Crippen LogP contribution in [0, 0.1) is 12.8 Å². The summed E-state index contributed by atoms with van der Waals surface area (Å²) in [6, 6.07) is 10.3. The topological polar surface area (TPSA) is 0 Å². The van der Waals surface area contributed by atoms with E-state index in [9.17, 15) is 0 Å². The van der Waals surface area contributed by atoms with Crippen LogP contribution in [0.4, 0.5) is 0 Å². The number of aryl methyl sites for hydroxylation is 1. The van der Waals surface area contributed by atoms with Crippen molar-refractivity contribution in [1.29, 1.82) is 0 Å². The predicted molar refractivity (Wildman–Crippen MR) is 76.9 cm³/mol. The molecule has 0 radical (unpaired) electrons. The molecule has 0 amide bonds. The summed E-state index contributed by atoms with van der Waals surface area (Å²) in [6.45, 7) is 13.1. The number of hydrogen-bond acceptors (Lipinski definition) is 0. The summed E-state index contributed by atoms with van der Waals surface area (Å²) in [4.78, 5) is 0. The Morgan fingerprint density at radius 3 is 1.38 bits per heavy atom. The van der Waals surface area contributed by atoms with Crippen molar-refractivity contribution in [2.24, 2.45) is 5.92 Å². The fraction of sp³-hybridized carbons (Fsp3) is 0.625. The van der Waals surface area contributed by atoms with Gasteiger partial charge in [0.2, 0.25) is 0 Å². The van der Waals surface area contributed by atoms with Crippen molar-refractivity contribution in [3.8, 4) is 0 Å². The number of hydrogen-bond donors (Lipinski definition) is 0. The third kappa shape index (κ3) is 15.7. The van der Waals surface area contributed by atoms with E-state index in [0.29, 0.717) is 0 Å². The van der Waals surface area contributed by atoms with Gasteiger partial charge in [0.25, 0.3) is 0 Å². The predicted octanol–water partition coefficient (Wildman–Crippen LogP) is 5.85. The van der Waals surface area contributed by atoms with Crippen LogP contribution in [0.3, 0.4) is 0 Å². The summed E-state index contributed by atoms with van der Waals surface area (Å²) < 4.78 is 0. The molecule has 0 N–H and O–H groups in total. The largest absolute Gasteiger partial charge is 0.0656 e. The summed E-state index contributed by atoms with van der Waals surface area (Å²) >= 11 is 0. The normalized spacial score (nSPS) is 8.69. The number of rotatable bonds is 2. The molecule has 1 aromatic carbocycles. The number of benzene rings is 1. The van der Waals surface area contributed by atoms with Crippen LogP contribution in [-0.4, -0.2) is 0 Å². The second-order valence-corrected chi connectivity index (χ2v) is 4.28. The third-order valence-corrected chi connectivity index (χ3v) is 2.33. The van der Waals surface area contributed by atoms with Gasteiger partial charge >= 0.3 is 0 Å². The van der Waals surface area contributed by atoms with Gasteiger partial charge in [-0.25, -0.2) is 0 Å². The molecule has 0 heteroatoms. The van der Waals surface area contributed by atoms with Crippen LogP contribution in [0.25, 0.3) is 0 Å². The van der Waals surface area contributed by atoms with Gasteiger partial charge in [-0.2, -0.15) is 0 Å². The SMILES string of the molecule is CCC.CCC(C)CC.Cc1ccccc1. The molecular weight excluding hydrogens is 192 g/mol. The molecule has 0 aliphatic heterocycles. The highest BCUT2D eigenvalue weighted by Crippen LogP contribution is 2.02. The van der Waals surface area contributed by atoms with Gasteiger partial charge in [-0.1, -0.05) is 89.8 Å². The van der Waals surface area contributed by atoms with Crippen LogP contribution < -0.4 is 0 Å². The Balaban J connectivity index is 0. The highest BCUT2D eigenvalue weighted by molar-refractivity contribution is 5.11. The van der Waals surface area contributed by atoms with Crippen molar-refractivity contribution < 1.29 is 0 Å². The molecule has 94 valence electrons. The Morgan fingerprint density at radius 2 is 1.25 bits per heavy atom. The molecule has 0 heterocycles. The summed E-state index contributed by atoms with van der Waals surface area (Å²) in [5.41, 5.74) is 1.32. The third-order valence-electron chi connectivity index (χ3n) is 2.33. The van der Waals surface area contributed by atoms with E-state index in [0.717, 1.165) is 5.92 Å². The Labute approximate surface area is 103 Å². The molecule has 0 nitrogen and oxygen atoms in total. The van der Waals surface area contributed by atoms with Crippen molar-refractivity contribution in [2.75, 3.05) is 0 Å².